The van der Waals surface area contributed by atoms with Crippen LogP contribution < -0.4 is 10.1 Å². The van der Waals surface area contributed by atoms with Crippen LogP contribution in [0, 0.1) is 13.8 Å². The van der Waals surface area contributed by atoms with Crippen molar-refractivity contribution in [1.82, 2.24) is 0 Å². The van der Waals surface area contributed by atoms with E-state index in [1.165, 1.54) is 0 Å². The lowest BCUT2D eigenvalue weighted by Gasteiger charge is -2.12. The van der Waals surface area contributed by atoms with Gasteiger partial charge in [0.1, 0.15) is 12.0 Å². The van der Waals surface area contributed by atoms with E-state index in [-0.39, 0.29) is 12.5 Å². The van der Waals surface area contributed by atoms with Crippen LogP contribution in [-0.2, 0) is 4.79 Å². The van der Waals surface area contributed by atoms with Gasteiger partial charge in [-0.2, -0.15) is 0 Å². The molecule has 23 heavy (non-hydrogen) atoms. The number of halogens is 2. The number of benzene rings is 2. The number of hydrogen-bond donors (Lipinski definition) is 1. The number of amides is 1. The molecule has 0 spiro atoms. The van der Waals surface area contributed by atoms with Gasteiger partial charge in [-0.25, -0.2) is 0 Å². The van der Waals surface area contributed by atoms with Crippen LogP contribution in [0.1, 0.15) is 21.5 Å². The molecule has 6 heteroatoms. The van der Waals surface area contributed by atoms with Gasteiger partial charge in [0.2, 0.25) is 0 Å². The molecule has 0 bridgehead atoms. The summed E-state index contributed by atoms with van der Waals surface area (Å²) in [6, 6.07) is 9.08. The molecule has 0 aliphatic carbocycles. The Morgan fingerprint density at radius 3 is 2.39 bits per heavy atom. The Morgan fingerprint density at radius 1 is 1.17 bits per heavy atom. The van der Waals surface area contributed by atoms with E-state index in [1.807, 2.05) is 32.0 Å². The Kier molecular flexibility index (Phi) is 5.96. The van der Waals surface area contributed by atoms with E-state index in [2.05, 4.69) is 37.2 Å². The lowest BCUT2D eigenvalue weighted by molar-refractivity contribution is -0.118. The molecule has 0 saturated carbocycles. The van der Waals surface area contributed by atoms with Gasteiger partial charge in [0, 0.05) is 11.3 Å². The van der Waals surface area contributed by atoms with Crippen molar-refractivity contribution < 1.29 is 14.3 Å². The monoisotopic (exact) mass is 439 g/mol. The first-order valence-electron chi connectivity index (χ1n) is 6.85. The lowest BCUT2D eigenvalue weighted by Crippen LogP contribution is -2.21. The number of rotatable bonds is 5. The molecule has 2 rings (SSSR count). The summed E-state index contributed by atoms with van der Waals surface area (Å²) in [6.07, 6.45) is 0.742. The lowest BCUT2D eigenvalue weighted by atomic mass is 10.1. The van der Waals surface area contributed by atoms with Crippen LogP contribution in [0.4, 0.5) is 5.69 Å². The van der Waals surface area contributed by atoms with Crippen molar-refractivity contribution >= 4 is 49.7 Å². The smallest absolute Gasteiger partial charge is 0.262 e. The van der Waals surface area contributed by atoms with Gasteiger partial charge in [0.15, 0.2) is 6.61 Å². The van der Waals surface area contributed by atoms with Crippen molar-refractivity contribution in [2.24, 2.45) is 0 Å². The maximum Gasteiger partial charge on any atom is 0.262 e. The second-order valence-electron chi connectivity index (χ2n) is 5.09. The SMILES string of the molecule is Cc1ccc(NC(=O)COc2c(Br)cc(C=O)cc2Br)c(C)c1. The Labute approximate surface area is 151 Å². The third-order valence-electron chi connectivity index (χ3n) is 3.16. The minimum atomic E-state index is -0.254. The molecule has 0 saturated heterocycles. The third-order valence-corrected chi connectivity index (χ3v) is 4.34. The Hall–Kier alpha value is -1.66. The normalized spacial score (nSPS) is 10.3. The molecule has 1 N–H and O–H groups in total. The van der Waals surface area contributed by atoms with Crippen molar-refractivity contribution in [3.05, 3.63) is 56.0 Å². The van der Waals surface area contributed by atoms with E-state index in [4.69, 9.17) is 4.74 Å². The molecule has 120 valence electrons. The molecule has 0 fully saturated rings. The topological polar surface area (TPSA) is 55.4 Å². The highest BCUT2D eigenvalue weighted by Crippen LogP contribution is 2.34. The van der Waals surface area contributed by atoms with Crippen LogP contribution in [0.5, 0.6) is 5.75 Å². The minimum Gasteiger partial charge on any atom is -0.481 e. The summed E-state index contributed by atoms with van der Waals surface area (Å²) < 4.78 is 6.75. The minimum absolute atomic E-state index is 0.134. The van der Waals surface area contributed by atoms with Crippen molar-refractivity contribution in [1.29, 1.82) is 0 Å². The number of aryl methyl sites for hydroxylation is 2. The van der Waals surface area contributed by atoms with Crippen LogP contribution in [-0.4, -0.2) is 18.8 Å². The first-order chi connectivity index (χ1) is 10.9. The van der Waals surface area contributed by atoms with Gasteiger partial charge in [-0.15, -0.1) is 0 Å². The number of carbonyl (C=O) groups is 2. The number of hydrogen-bond acceptors (Lipinski definition) is 3. The predicted molar refractivity (Wildman–Crippen MR) is 97.3 cm³/mol. The van der Waals surface area contributed by atoms with E-state index in [1.54, 1.807) is 12.1 Å². The number of aldehydes is 1. The molecule has 0 aromatic heterocycles. The van der Waals surface area contributed by atoms with Gasteiger partial charge < -0.3 is 10.1 Å². The Bertz CT molecular complexity index is 736. The van der Waals surface area contributed by atoms with Crippen molar-refractivity contribution in [3.8, 4) is 5.75 Å². The third kappa shape index (κ3) is 4.65. The number of ether oxygens (including phenoxy) is 1. The highest BCUT2D eigenvalue weighted by Gasteiger charge is 2.12. The molecule has 0 aliphatic heterocycles. The van der Waals surface area contributed by atoms with Crippen LogP contribution in [0.15, 0.2) is 39.3 Å². The van der Waals surface area contributed by atoms with Crippen LogP contribution in [0.3, 0.4) is 0 Å². The van der Waals surface area contributed by atoms with Crippen LogP contribution in [0.25, 0.3) is 0 Å². The first-order valence-corrected chi connectivity index (χ1v) is 8.43. The molecule has 0 unspecified atom stereocenters. The molecular weight excluding hydrogens is 426 g/mol. The molecule has 0 heterocycles. The standard InChI is InChI=1S/C17H15Br2NO3/c1-10-3-4-15(11(2)5-10)20-16(22)9-23-17-13(18)6-12(8-21)7-14(17)19/h3-8H,9H2,1-2H3,(H,20,22). The van der Waals surface area contributed by atoms with Crippen LogP contribution in [0.2, 0.25) is 0 Å². The zero-order valence-electron chi connectivity index (χ0n) is 12.7. The molecule has 2 aromatic carbocycles. The highest BCUT2D eigenvalue weighted by molar-refractivity contribution is 9.11. The molecular formula is C17H15Br2NO3. The zero-order chi connectivity index (χ0) is 17.0. The van der Waals surface area contributed by atoms with Crippen molar-refractivity contribution in [2.75, 3.05) is 11.9 Å². The molecule has 0 atom stereocenters. The summed E-state index contributed by atoms with van der Waals surface area (Å²) in [4.78, 5) is 22.8. The largest absolute Gasteiger partial charge is 0.481 e. The quantitative estimate of drug-likeness (QED) is 0.688. The van der Waals surface area contributed by atoms with Gasteiger partial charge in [0.25, 0.3) is 5.91 Å². The predicted octanol–water partition coefficient (Wildman–Crippen LogP) is 4.66. The second-order valence-corrected chi connectivity index (χ2v) is 6.80. The summed E-state index contributed by atoms with van der Waals surface area (Å²) in [5.41, 5.74) is 3.41. The van der Waals surface area contributed by atoms with Gasteiger partial charge in [0.05, 0.1) is 8.95 Å². The van der Waals surface area contributed by atoms with E-state index >= 15 is 0 Å². The van der Waals surface area contributed by atoms with Gasteiger partial charge in [-0.05, 0) is 69.5 Å². The maximum absolute atomic E-state index is 12.0. The Balaban J connectivity index is 2.03. The number of anilines is 1. The fraction of sp³-hybridized carbons (Fsp3) is 0.176. The molecule has 0 radical (unpaired) electrons. The maximum atomic E-state index is 12.0. The zero-order valence-corrected chi connectivity index (χ0v) is 15.8. The second kappa shape index (κ2) is 7.75. The van der Waals surface area contributed by atoms with E-state index in [9.17, 15) is 9.59 Å². The van der Waals surface area contributed by atoms with Gasteiger partial charge >= 0.3 is 0 Å². The summed E-state index contributed by atoms with van der Waals surface area (Å²) in [5, 5.41) is 2.82. The van der Waals surface area contributed by atoms with Gasteiger partial charge in [-0.1, -0.05) is 17.7 Å². The van der Waals surface area contributed by atoms with Crippen molar-refractivity contribution in [2.45, 2.75) is 13.8 Å². The summed E-state index contributed by atoms with van der Waals surface area (Å²) >= 11 is 6.66. The number of carbonyl (C=O) groups excluding carboxylic acids is 2. The molecule has 4 nitrogen and oxygen atoms in total. The fourth-order valence-corrected chi connectivity index (χ4v) is 3.51. The first kappa shape index (κ1) is 17.7. The van der Waals surface area contributed by atoms with Crippen molar-refractivity contribution in [3.63, 3.8) is 0 Å². The van der Waals surface area contributed by atoms with Crippen LogP contribution >= 0.6 is 31.9 Å². The Morgan fingerprint density at radius 2 is 1.83 bits per heavy atom. The highest BCUT2D eigenvalue weighted by atomic mass is 79.9. The molecule has 2 aromatic rings. The number of nitrogens with one attached hydrogen (secondary N) is 1. The van der Waals surface area contributed by atoms with E-state index in [0.717, 1.165) is 23.1 Å². The summed E-state index contributed by atoms with van der Waals surface area (Å²) in [6.45, 7) is 3.81. The van der Waals surface area contributed by atoms with E-state index in [0.29, 0.717) is 20.3 Å². The average molecular weight is 441 g/mol. The molecule has 0 aliphatic rings. The summed E-state index contributed by atoms with van der Waals surface area (Å²) in [7, 11) is 0. The van der Waals surface area contributed by atoms with Gasteiger partial charge in [-0.3, -0.25) is 9.59 Å². The molecule has 1 amide bonds. The van der Waals surface area contributed by atoms with E-state index < -0.39 is 0 Å². The average Bonchev–Trinajstić information content (AvgIpc) is 2.49. The fourth-order valence-electron chi connectivity index (χ4n) is 2.06. The summed E-state index contributed by atoms with van der Waals surface area (Å²) in [5.74, 6) is 0.224.